The second kappa shape index (κ2) is 8.04. The summed E-state index contributed by atoms with van der Waals surface area (Å²) in [5.74, 6) is -0.345. The molecule has 3 rings (SSSR count). The first-order valence-corrected chi connectivity index (χ1v) is 9.58. The molecule has 0 saturated heterocycles. The van der Waals surface area contributed by atoms with Crippen molar-refractivity contribution >= 4 is 27.9 Å². The number of amides is 2. The lowest BCUT2D eigenvalue weighted by Gasteiger charge is -2.29. The molecule has 1 aromatic carbocycles. The van der Waals surface area contributed by atoms with Crippen molar-refractivity contribution in [3.05, 3.63) is 45.6 Å². The SMILES string of the molecule is CC1=C(C(=O)OC2CCCCCC2)[C@H](c2cccc(Br)c2)NC(=O)N1. The standard InChI is InChI=1S/C19H23BrN2O3/c1-12-16(18(23)25-15-9-4-2-3-5-10-15)17(22-19(24)21-12)13-7-6-8-14(20)11-13/h6-8,11,15,17H,2-5,9-10H2,1H3,(H2,21,22,24)/t17-/m0/s1. The number of allylic oxidation sites excluding steroid dienone is 1. The van der Waals surface area contributed by atoms with E-state index < -0.39 is 6.04 Å². The van der Waals surface area contributed by atoms with Gasteiger partial charge in [0, 0.05) is 10.2 Å². The number of hydrogen-bond donors (Lipinski definition) is 2. The second-order valence-electron chi connectivity index (χ2n) is 6.64. The lowest BCUT2D eigenvalue weighted by Crippen LogP contribution is -2.45. The van der Waals surface area contributed by atoms with Crippen LogP contribution in [-0.4, -0.2) is 18.1 Å². The highest BCUT2D eigenvalue weighted by Gasteiger charge is 2.33. The third kappa shape index (κ3) is 4.42. The number of esters is 1. The fourth-order valence-electron chi connectivity index (χ4n) is 3.48. The quantitative estimate of drug-likeness (QED) is 0.579. The van der Waals surface area contributed by atoms with Gasteiger partial charge < -0.3 is 15.4 Å². The number of ether oxygens (including phenoxy) is 1. The highest BCUT2D eigenvalue weighted by Crippen LogP contribution is 2.30. The van der Waals surface area contributed by atoms with E-state index >= 15 is 0 Å². The van der Waals surface area contributed by atoms with E-state index in [1.54, 1.807) is 6.92 Å². The number of halogens is 1. The van der Waals surface area contributed by atoms with Crippen molar-refractivity contribution in [2.24, 2.45) is 0 Å². The average molecular weight is 407 g/mol. The summed E-state index contributed by atoms with van der Waals surface area (Å²) in [6.45, 7) is 1.74. The average Bonchev–Trinajstić information content (AvgIpc) is 2.82. The molecule has 0 aromatic heterocycles. The van der Waals surface area contributed by atoms with Crippen molar-refractivity contribution in [1.82, 2.24) is 10.6 Å². The van der Waals surface area contributed by atoms with Gasteiger partial charge in [-0.3, -0.25) is 0 Å². The van der Waals surface area contributed by atoms with Crippen LogP contribution in [0.1, 0.15) is 57.1 Å². The molecular weight excluding hydrogens is 384 g/mol. The van der Waals surface area contributed by atoms with Gasteiger partial charge in [0.05, 0.1) is 11.6 Å². The first-order chi connectivity index (χ1) is 12.0. The topological polar surface area (TPSA) is 67.4 Å². The Morgan fingerprint density at radius 2 is 1.92 bits per heavy atom. The summed E-state index contributed by atoms with van der Waals surface area (Å²) in [7, 11) is 0. The zero-order valence-electron chi connectivity index (χ0n) is 14.3. The summed E-state index contributed by atoms with van der Waals surface area (Å²) < 4.78 is 6.69. The number of nitrogens with one attached hydrogen (secondary N) is 2. The van der Waals surface area contributed by atoms with Gasteiger partial charge in [-0.15, -0.1) is 0 Å². The highest BCUT2D eigenvalue weighted by molar-refractivity contribution is 9.10. The minimum Gasteiger partial charge on any atom is -0.459 e. The Balaban J connectivity index is 1.85. The summed E-state index contributed by atoms with van der Waals surface area (Å²) in [5.41, 5.74) is 1.87. The third-order valence-electron chi connectivity index (χ3n) is 4.75. The van der Waals surface area contributed by atoms with Crippen molar-refractivity contribution in [2.75, 3.05) is 0 Å². The molecule has 2 aliphatic rings. The van der Waals surface area contributed by atoms with E-state index in [1.807, 2.05) is 24.3 Å². The molecule has 1 fully saturated rings. The minimum atomic E-state index is -0.510. The number of carbonyl (C=O) groups excluding carboxylic acids is 2. The molecule has 0 unspecified atom stereocenters. The van der Waals surface area contributed by atoms with Crippen LogP contribution in [0, 0.1) is 0 Å². The Kier molecular flexibility index (Phi) is 5.78. The third-order valence-corrected chi connectivity index (χ3v) is 5.24. The maximum atomic E-state index is 12.9. The van der Waals surface area contributed by atoms with Crippen molar-refractivity contribution in [2.45, 2.75) is 57.6 Å². The summed E-state index contributed by atoms with van der Waals surface area (Å²) in [5, 5.41) is 5.53. The molecule has 0 bridgehead atoms. The fraction of sp³-hybridized carbons (Fsp3) is 0.474. The van der Waals surface area contributed by atoms with E-state index in [0.717, 1.165) is 35.7 Å². The summed E-state index contributed by atoms with van der Waals surface area (Å²) in [4.78, 5) is 24.8. The van der Waals surface area contributed by atoms with Gasteiger partial charge in [-0.25, -0.2) is 9.59 Å². The molecule has 2 amide bonds. The Morgan fingerprint density at radius 1 is 1.20 bits per heavy atom. The zero-order valence-corrected chi connectivity index (χ0v) is 15.9. The summed E-state index contributed by atoms with van der Waals surface area (Å²) in [6, 6.07) is 6.78. The van der Waals surface area contributed by atoms with Crippen LogP contribution < -0.4 is 10.6 Å². The maximum absolute atomic E-state index is 12.9. The lowest BCUT2D eigenvalue weighted by molar-refractivity contribution is -0.145. The Labute approximate surface area is 156 Å². The largest absolute Gasteiger partial charge is 0.459 e. The Morgan fingerprint density at radius 3 is 2.60 bits per heavy atom. The van der Waals surface area contributed by atoms with E-state index in [0.29, 0.717) is 11.3 Å². The Bertz CT molecular complexity index is 694. The van der Waals surface area contributed by atoms with Crippen LogP contribution in [0.15, 0.2) is 40.0 Å². The van der Waals surface area contributed by atoms with E-state index in [-0.39, 0.29) is 18.1 Å². The van der Waals surface area contributed by atoms with E-state index in [1.165, 1.54) is 12.8 Å². The van der Waals surface area contributed by atoms with Crippen LogP contribution in [0.3, 0.4) is 0 Å². The van der Waals surface area contributed by atoms with Crippen LogP contribution in [0.25, 0.3) is 0 Å². The molecule has 25 heavy (non-hydrogen) atoms. The number of benzene rings is 1. The predicted octanol–water partition coefficient (Wildman–Crippen LogP) is 4.34. The lowest BCUT2D eigenvalue weighted by atomic mass is 9.95. The number of rotatable bonds is 3. The fourth-order valence-corrected chi connectivity index (χ4v) is 3.89. The zero-order chi connectivity index (χ0) is 17.8. The molecule has 1 atom stereocenters. The second-order valence-corrected chi connectivity index (χ2v) is 7.56. The molecule has 6 heteroatoms. The van der Waals surface area contributed by atoms with Gasteiger partial charge in [0.15, 0.2) is 0 Å². The van der Waals surface area contributed by atoms with Crippen LogP contribution in [0.4, 0.5) is 4.79 Å². The number of carbonyl (C=O) groups is 2. The van der Waals surface area contributed by atoms with Crippen molar-refractivity contribution < 1.29 is 14.3 Å². The molecule has 0 spiro atoms. The van der Waals surface area contributed by atoms with Gasteiger partial charge in [0.25, 0.3) is 0 Å². The van der Waals surface area contributed by atoms with Gasteiger partial charge >= 0.3 is 12.0 Å². The van der Waals surface area contributed by atoms with E-state index in [9.17, 15) is 9.59 Å². The van der Waals surface area contributed by atoms with Crippen LogP contribution in [-0.2, 0) is 9.53 Å². The molecular formula is C19H23BrN2O3. The van der Waals surface area contributed by atoms with Crippen molar-refractivity contribution in [3.63, 3.8) is 0 Å². The molecule has 1 aliphatic carbocycles. The van der Waals surface area contributed by atoms with Crippen molar-refractivity contribution in [1.29, 1.82) is 0 Å². The molecule has 1 aromatic rings. The monoisotopic (exact) mass is 406 g/mol. The maximum Gasteiger partial charge on any atom is 0.338 e. The van der Waals surface area contributed by atoms with Gasteiger partial charge in [-0.2, -0.15) is 0 Å². The molecule has 1 heterocycles. The molecule has 0 radical (unpaired) electrons. The molecule has 1 saturated carbocycles. The van der Waals surface area contributed by atoms with Gasteiger partial charge in [-0.1, -0.05) is 40.9 Å². The molecule has 2 N–H and O–H groups in total. The minimum absolute atomic E-state index is 0.0314. The number of urea groups is 1. The molecule has 1 aliphatic heterocycles. The van der Waals surface area contributed by atoms with Crippen LogP contribution in [0.5, 0.6) is 0 Å². The van der Waals surface area contributed by atoms with Gasteiger partial charge in [-0.05, 0) is 50.3 Å². The molecule has 134 valence electrons. The van der Waals surface area contributed by atoms with E-state index in [4.69, 9.17) is 4.74 Å². The predicted molar refractivity (Wildman–Crippen MR) is 98.8 cm³/mol. The summed E-state index contributed by atoms with van der Waals surface area (Å²) in [6.07, 6.45) is 6.40. The van der Waals surface area contributed by atoms with E-state index in [2.05, 4.69) is 26.6 Å². The smallest absolute Gasteiger partial charge is 0.338 e. The van der Waals surface area contributed by atoms with Gasteiger partial charge in [0.2, 0.25) is 0 Å². The Hall–Kier alpha value is -1.82. The van der Waals surface area contributed by atoms with Crippen LogP contribution >= 0.6 is 15.9 Å². The first kappa shape index (κ1) is 18.0. The van der Waals surface area contributed by atoms with Crippen molar-refractivity contribution in [3.8, 4) is 0 Å². The van der Waals surface area contributed by atoms with Crippen LogP contribution in [0.2, 0.25) is 0 Å². The molecule has 5 nitrogen and oxygen atoms in total. The normalized spacial score (nSPS) is 22.0. The highest BCUT2D eigenvalue weighted by atomic mass is 79.9. The summed E-state index contributed by atoms with van der Waals surface area (Å²) >= 11 is 3.44. The number of hydrogen-bond acceptors (Lipinski definition) is 3. The first-order valence-electron chi connectivity index (χ1n) is 8.79. The van der Waals surface area contributed by atoms with Gasteiger partial charge in [0.1, 0.15) is 6.10 Å².